The van der Waals surface area contributed by atoms with Crippen LogP contribution in [0.3, 0.4) is 0 Å². The van der Waals surface area contributed by atoms with Gasteiger partial charge in [0.1, 0.15) is 5.75 Å². The molecule has 1 aromatic heterocycles. The molecule has 0 spiro atoms. The van der Waals surface area contributed by atoms with Crippen LogP contribution in [-0.4, -0.2) is 22.6 Å². The van der Waals surface area contributed by atoms with Crippen LogP contribution in [0.5, 0.6) is 5.75 Å². The second-order valence-electron chi connectivity index (χ2n) is 4.88. The Morgan fingerprint density at radius 3 is 2.70 bits per heavy atom. The lowest BCUT2D eigenvalue weighted by Gasteiger charge is -2.10. The molecule has 0 aliphatic heterocycles. The summed E-state index contributed by atoms with van der Waals surface area (Å²) >= 11 is 5.11. The van der Waals surface area contributed by atoms with Gasteiger partial charge in [-0.1, -0.05) is 13.3 Å². The van der Waals surface area contributed by atoms with Gasteiger partial charge in [-0.2, -0.15) is 0 Å². The van der Waals surface area contributed by atoms with Crippen LogP contribution in [-0.2, 0) is 0 Å². The molecule has 23 heavy (non-hydrogen) atoms. The molecule has 0 bridgehead atoms. The summed E-state index contributed by atoms with van der Waals surface area (Å²) in [5.74, 6) is 0.484. The molecule has 0 aliphatic rings. The minimum Gasteiger partial charge on any atom is -0.494 e. The Labute approximate surface area is 141 Å². The van der Waals surface area contributed by atoms with Crippen LogP contribution in [0.2, 0.25) is 0 Å². The average molecular weight is 329 g/mol. The normalized spacial score (nSPS) is 9.96. The number of carbonyl (C=O) groups is 1. The lowest BCUT2D eigenvalue weighted by molar-refractivity contribution is 0.0977. The second kappa shape index (κ2) is 8.85. The van der Waals surface area contributed by atoms with Gasteiger partial charge in [0.25, 0.3) is 5.91 Å². The first-order valence-electron chi connectivity index (χ1n) is 7.44. The Hall–Kier alpha value is -2.47. The van der Waals surface area contributed by atoms with E-state index >= 15 is 0 Å². The summed E-state index contributed by atoms with van der Waals surface area (Å²) in [6, 6.07) is 10.6. The lowest BCUT2D eigenvalue weighted by atomic mass is 10.2. The molecule has 2 N–H and O–H groups in total. The van der Waals surface area contributed by atoms with Crippen LogP contribution in [0, 0.1) is 0 Å². The highest BCUT2D eigenvalue weighted by Gasteiger charge is 2.08. The number of thiocarbonyl (C=S) groups is 1. The van der Waals surface area contributed by atoms with Crippen LogP contribution in [0.1, 0.15) is 30.1 Å². The first-order chi connectivity index (χ1) is 11.2. The summed E-state index contributed by atoms with van der Waals surface area (Å²) in [4.78, 5) is 16.1. The highest BCUT2D eigenvalue weighted by Crippen LogP contribution is 2.13. The number of nitrogens with zero attached hydrogens (tertiary/aromatic N) is 1. The molecule has 0 radical (unpaired) electrons. The molecule has 2 rings (SSSR count). The second-order valence-corrected chi connectivity index (χ2v) is 5.28. The summed E-state index contributed by atoms with van der Waals surface area (Å²) in [5, 5.41) is 5.76. The number of hydrogen-bond donors (Lipinski definition) is 2. The molecule has 1 heterocycles. The Bertz CT molecular complexity index is 645. The molecule has 2 aromatic rings. The van der Waals surface area contributed by atoms with E-state index in [0.717, 1.165) is 24.3 Å². The van der Waals surface area contributed by atoms with Crippen molar-refractivity contribution in [2.45, 2.75) is 19.8 Å². The minimum absolute atomic E-state index is 0.228. The zero-order valence-electron chi connectivity index (χ0n) is 12.9. The third kappa shape index (κ3) is 5.67. The summed E-state index contributed by atoms with van der Waals surface area (Å²) in [6.45, 7) is 2.79. The van der Waals surface area contributed by atoms with Gasteiger partial charge in [-0.25, -0.2) is 0 Å². The lowest BCUT2D eigenvalue weighted by Crippen LogP contribution is -2.34. The van der Waals surface area contributed by atoms with Crippen LogP contribution >= 0.6 is 12.2 Å². The Kier molecular flexibility index (Phi) is 6.50. The number of amides is 1. The third-order valence-corrected chi connectivity index (χ3v) is 3.23. The summed E-state index contributed by atoms with van der Waals surface area (Å²) < 4.78 is 5.56. The fourth-order valence-corrected chi connectivity index (χ4v) is 2.02. The maximum atomic E-state index is 12.1. The predicted octanol–water partition coefficient (Wildman–Crippen LogP) is 3.39. The molecule has 6 heteroatoms. The number of rotatable bonds is 6. The Balaban J connectivity index is 1.86. The first kappa shape index (κ1) is 16.9. The van der Waals surface area contributed by atoms with Gasteiger partial charge in [0.15, 0.2) is 5.11 Å². The van der Waals surface area contributed by atoms with Gasteiger partial charge in [-0.05, 0) is 55.0 Å². The molecule has 0 fully saturated rings. The average Bonchev–Trinajstić information content (AvgIpc) is 2.56. The number of benzene rings is 1. The monoisotopic (exact) mass is 329 g/mol. The summed E-state index contributed by atoms with van der Waals surface area (Å²) in [7, 11) is 0. The van der Waals surface area contributed by atoms with Gasteiger partial charge in [-0.15, -0.1) is 0 Å². The molecule has 0 atom stereocenters. The van der Waals surface area contributed by atoms with Crippen molar-refractivity contribution in [3.8, 4) is 5.75 Å². The van der Waals surface area contributed by atoms with E-state index in [9.17, 15) is 4.79 Å². The largest absolute Gasteiger partial charge is 0.494 e. The van der Waals surface area contributed by atoms with Crippen molar-refractivity contribution in [1.82, 2.24) is 10.3 Å². The van der Waals surface area contributed by atoms with Crippen LogP contribution in [0.15, 0.2) is 48.8 Å². The number of aromatic nitrogens is 1. The van der Waals surface area contributed by atoms with E-state index in [-0.39, 0.29) is 11.0 Å². The maximum Gasteiger partial charge on any atom is 0.257 e. The Morgan fingerprint density at radius 1 is 1.26 bits per heavy atom. The number of ether oxygens (including phenoxy) is 1. The van der Waals surface area contributed by atoms with Gasteiger partial charge in [0, 0.05) is 11.8 Å². The number of carbonyl (C=O) groups excluding carboxylic acids is 1. The number of nitrogens with one attached hydrogen (secondary N) is 2. The first-order valence-corrected chi connectivity index (χ1v) is 7.85. The van der Waals surface area contributed by atoms with Crippen molar-refractivity contribution < 1.29 is 9.53 Å². The van der Waals surface area contributed by atoms with E-state index in [1.165, 1.54) is 0 Å². The van der Waals surface area contributed by atoms with Gasteiger partial charge in [0.2, 0.25) is 0 Å². The van der Waals surface area contributed by atoms with E-state index in [4.69, 9.17) is 17.0 Å². The molecule has 0 saturated heterocycles. The van der Waals surface area contributed by atoms with Crippen molar-refractivity contribution in [2.75, 3.05) is 11.9 Å². The molecular weight excluding hydrogens is 310 g/mol. The van der Waals surface area contributed by atoms with Crippen molar-refractivity contribution in [3.05, 3.63) is 54.4 Å². The van der Waals surface area contributed by atoms with Crippen molar-refractivity contribution in [2.24, 2.45) is 0 Å². The molecule has 0 aliphatic carbocycles. The fourth-order valence-electron chi connectivity index (χ4n) is 1.81. The van der Waals surface area contributed by atoms with Crippen LogP contribution in [0.25, 0.3) is 0 Å². The number of anilines is 1. The van der Waals surface area contributed by atoms with Crippen molar-refractivity contribution >= 4 is 28.9 Å². The molecule has 5 nitrogen and oxygen atoms in total. The minimum atomic E-state index is -0.272. The smallest absolute Gasteiger partial charge is 0.257 e. The topological polar surface area (TPSA) is 63.2 Å². The number of unbranched alkanes of at least 4 members (excludes halogenated alkanes) is 1. The zero-order valence-corrected chi connectivity index (χ0v) is 13.7. The highest BCUT2D eigenvalue weighted by atomic mass is 32.1. The SMILES string of the molecule is CCCCOc1ccc(C(=O)NC(=S)Nc2cccnc2)cc1. The van der Waals surface area contributed by atoms with E-state index in [1.807, 2.05) is 6.07 Å². The standard InChI is InChI=1S/C17H19N3O2S/c1-2-3-11-22-15-8-6-13(7-9-15)16(21)20-17(23)19-14-5-4-10-18-12-14/h4-10,12H,2-3,11H2,1H3,(H2,19,20,21,23). The molecule has 120 valence electrons. The molecule has 1 amide bonds. The molecule has 0 unspecified atom stereocenters. The molecule has 1 aromatic carbocycles. The molecule has 0 saturated carbocycles. The number of pyridine rings is 1. The van der Waals surface area contributed by atoms with E-state index in [1.54, 1.807) is 42.7 Å². The van der Waals surface area contributed by atoms with Crippen molar-refractivity contribution in [3.63, 3.8) is 0 Å². The highest BCUT2D eigenvalue weighted by molar-refractivity contribution is 7.80. The van der Waals surface area contributed by atoms with E-state index in [2.05, 4.69) is 22.5 Å². The molecular formula is C17H19N3O2S. The summed E-state index contributed by atoms with van der Waals surface area (Å²) in [6.07, 6.45) is 5.39. The van der Waals surface area contributed by atoms with Crippen molar-refractivity contribution in [1.29, 1.82) is 0 Å². The van der Waals surface area contributed by atoms with Gasteiger partial charge >= 0.3 is 0 Å². The van der Waals surface area contributed by atoms with Gasteiger partial charge < -0.3 is 10.1 Å². The van der Waals surface area contributed by atoms with E-state index < -0.39 is 0 Å². The fraction of sp³-hybridized carbons (Fsp3) is 0.235. The number of hydrogen-bond acceptors (Lipinski definition) is 4. The zero-order chi connectivity index (χ0) is 16.5. The van der Waals surface area contributed by atoms with Crippen LogP contribution < -0.4 is 15.4 Å². The summed E-state index contributed by atoms with van der Waals surface area (Å²) in [5.41, 5.74) is 1.24. The third-order valence-electron chi connectivity index (χ3n) is 3.03. The Morgan fingerprint density at radius 2 is 2.04 bits per heavy atom. The van der Waals surface area contributed by atoms with Gasteiger partial charge in [-0.3, -0.25) is 15.1 Å². The quantitative estimate of drug-likeness (QED) is 0.628. The van der Waals surface area contributed by atoms with E-state index in [0.29, 0.717) is 12.2 Å². The van der Waals surface area contributed by atoms with Gasteiger partial charge in [0.05, 0.1) is 18.5 Å². The van der Waals surface area contributed by atoms with Crippen LogP contribution in [0.4, 0.5) is 5.69 Å². The predicted molar refractivity (Wildman–Crippen MR) is 94.8 cm³/mol. The maximum absolute atomic E-state index is 12.1.